The van der Waals surface area contributed by atoms with Crippen LogP contribution in [0, 0.1) is 5.41 Å². The second kappa shape index (κ2) is 7.06. The molecule has 0 unspecified atom stereocenters. The van der Waals surface area contributed by atoms with Crippen molar-refractivity contribution in [2.75, 3.05) is 33.4 Å². The minimum Gasteiger partial charge on any atom is -0.384 e. The van der Waals surface area contributed by atoms with Gasteiger partial charge >= 0.3 is 0 Å². The topological polar surface area (TPSA) is 63.2 Å². The molecule has 2 aromatic rings. The van der Waals surface area contributed by atoms with Gasteiger partial charge in [-0.25, -0.2) is 0 Å². The number of benzene rings is 1. The highest BCUT2D eigenvalue weighted by Gasteiger charge is 2.32. The lowest BCUT2D eigenvalue weighted by atomic mass is 9.79. The fourth-order valence-electron chi connectivity index (χ4n) is 3.22. The van der Waals surface area contributed by atoms with Crippen molar-refractivity contribution in [2.45, 2.75) is 12.8 Å². The van der Waals surface area contributed by atoms with E-state index in [1.54, 1.807) is 13.3 Å². The first kappa shape index (κ1) is 15.9. The van der Waals surface area contributed by atoms with Gasteiger partial charge in [0.2, 0.25) is 0 Å². The Labute approximate surface area is 136 Å². The van der Waals surface area contributed by atoms with Gasteiger partial charge in [0, 0.05) is 36.2 Å². The largest absolute Gasteiger partial charge is 0.384 e. The highest BCUT2D eigenvalue weighted by molar-refractivity contribution is 5.97. The molecular formula is C18H23N3O2. The third-order valence-corrected chi connectivity index (χ3v) is 4.60. The molecule has 1 amide bonds. The Balaban J connectivity index is 1.69. The average molecular weight is 313 g/mol. The van der Waals surface area contributed by atoms with Crippen LogP contribution in [0.4, 0.5) is 0 Å². The van der Waals surface area contributed by atoms with Crippen molar-refractivity contribution < 1.29 is 9.53 Å². The van der Waals surface area contributed by atoms with E-state index in [0.29, 0.717) is 18.7 Å². The Bertz CT molecular complexity index is 675. The Morgan fingerprint density at radius 2 is 2.17 bits per heavy atom. The lowest BCUT2D eigenvalue weighted by Crippen LogP contribution is -2.47. The maximum atomic E-state index is 12.5. The van der Waals surface area contributed by atoms with E-state index in [9.17, 15) is 4.79 Å². The Hall–Kier alpha value is -1.98. The van der Waals surface area contributed by atoms with Gasteiger partial charge in [-0.15, -0.1) is 0 Å². The number of pyridine rings is 1. The van der Waals surface area contributed by atoms with Crippen LogP contribution in [0.5, 0.6) is 0 Å². The van der Waals surface area contributed by atoms with E-state index in [1.807, 2.05) is 30.3 Å². The molecule has 1 aromatic heterocycles. The van der Waals surface area contributed by atoms with Crippen LogP contribution in [-0.2, 0) is 4.74 Å². The highest BCUT2D eigenvalue weighted by atomic mass is 16.5. The van der Waals surface area contributed by atoms with Crippen LogP contribution in [0.3, 0.4) is 0 Å². The molecular weight excluding hydrogens is 290 g/mol. The van der Waals surface area contributed by atoms with E-state index in [4.69, 9.17) is 4.74 Å². The van der Waals surface area contributed by atoms with E-state index in [2.05, 4.69) is 15.6 Å². The lowest BCUT2D eigenvalue weighted by Gasteiger charge is -2.37. The van der Waals surface area contributed by atoms with Crippen molar-refractivity contribution in [3.05, 3.63) is 42.1 Å². The molecule has 1 aliphatic heterocycles. The van der Waals surface area contributed by atoms with Gasteiger partial charge < -0.3 is 15.4 Å². The first-order valence-electron chi connectivity index (χ1n) is 8.05. The summed E-state index contributed by atoms with van der Waals surface area (Å²) in [5, 5.41) is 7.43. The number of fused-ring (bicyclic) bond motifs is 1. The number of aromatic nitrogens is 1. The lowest BCUT2D eigenvalue weighted by molar-refractivity contribution is 0.0512. The van der Waals surface area contributed by atoms with Crippen LogP contribution in [0.25, 0.3) is 10.9 Å². The maximum Gasteiger partial charge on any atom is 0.251 e. The summed E-state index contributed by atoms with van der Waals surface area (Å²) in [6.07, 6.45) is 3.79. The predicted octanol–water partition coefficient (Wildman–Crippen LogP) is 1.98. The Morgan fingerprint density at radius 3 is 2.96 bits per heavy atom. The molecule has 2 heterocycles. The molecule has 0 aliphatic carbocycles. The number of nitrogens with one attached hydrogen (secondary N) is 2. The van der Waals surface area contributed by atoms with Crippen LogP contribution in [0.15, 0.2) is 36.5 Å². The van der Waals surface area contributed by atoms with Gasteiger partial charge in [0.25, 0.3) is 5.91 Å². The number of nitrogens with zero attached hydrogens (tertiary/aromatic N) is 1. The minimum absolute atomic E-state index is 0.0358. The number of ether oxygens (including phenoxy) is 1. The van der Waals surface area contributed by atoms with Crippen molar-refractivity contribution in [3.8, 4) is 0 Å². The van der Waals surface area contributed by atoms with Crippen LogP contribution in [0.2, 0.25) is 0 Å². The van der Waals surface area contributed by atoms with Crippen molar-refractivity contribution in [1.82, 2.24) is 15.6 Å². The molecule has 5 nitrogen and oxygen atoms in total. The van der Waals surface area contributed by atoms with Crippen LogP contribution >= 0.6 is 0 Å². The van der Waals surface area contributed by atoms with E-state index in [1.165, 1.54) is 0 Å². The smallest absolute Gasteiger partial charge is 0.251 e. The van der Waals surface area contributed by atoms with E-state index >= 15 is 0 Å². The first-order valence-corrected chi connectivity index (χ1v) is 8.05. The molecule has 23 heavy (non-hydrogen) atoms. The summed E-state index contributed by atoms with van der Waals surface area (Å²) in [6.45, 7) is 3.27. The average Bonchev–Trinajstić information content (AvgIpc) is 2.60. The molecule has 3 rings (SSSR count). The maximum absolute atomic E-state index is 12.5. The zero-order chi connectivity index (χ0) is 16.1. The zero-order valence-corrected chi connectivity index (χ0v) is 13.5. The molecule has 1 aliphatic rings. The van der Waals surface area contributed by atoms with Gasteiger partial charge in [-0.3, -0.25) is 9.78 Å². The monoisotopic (exact) mass is 313 g/mol. The number of carbonyl (C=O) groups excluding carboxylic acids is 1. The third-order valence-electron chi connectivity index (χ3n) is 4.60. The van der Waals surface area contributed by atoms with Gasteiger partial charge in [-0.1, -0.05) is 6.07 Å². The highest BCUT2D eigenvalue weighted by Crippen LogP contribution is 2.28. The van der Waals surface area contributed by atoms with Crippen molar-refractivity contribution >= 4 is 16.8 Å². The van der Waals surface area contributed by atoms with E-state index < -0.39 is 0 Å². The van der Waals surface area contributed by atoms with E-state index in [-0.39, 0.29) is 11.3 Å². The number of amides is 1. The normalized spacial score (nSPS) is 17.1. The molecule has 2 N–H and O–H groups in total. The van der Waals surface area contributed by atoms with Crippen LogP contribution in [0.1, 0.15) is 23.2 Å². The fraction of sp³-hybridized carbons (Fsp3) is 0.444. The number of piperidine rings is 1. The van der Waals surface area contributed by atoms with Crippen LogP contribution < -0.4 is 10.6 Å². The molecule has 1 fully saturated rings. The second-order valence-electron chi connectivity index (χ2n) is 6.28. The molecule has 122 valence electrons. The summed E-state index contributed by atoms with van der Waals surface area (Å²) in [4.78, 5) is 16.8. The molecule has 1 saturated heterocycles. The Kier molecular flexibility index (Phi) is 4.88. The summed E-state index contributed by atoms with van der Waals surface area (Å²) < 4.78 is 5.39. The number of carbonyl (C=O) groups is 1. The molecule has 0 atom stereocenters. The molecule has 0 radical (unpaired) electrons. The predicted molar refractivity (Wildman–Crippen MR) is 90.5 cm³/mol. The van der Waals surface area contributed by atoms with Crippen molar-refractivity contribution in [2.24, 2.45) is 5.41 Å². The molecule has 0 saturated carbocycles. The number of hydrogen-bond donors (Lipinski definition) is 2. The summed E-state index contributed by atoms with van der Waals surface area (Å²) in [5.74, 6) is -0.0373. The summed E-state index contributed by atoms with van der Waals surface area (Å²) in [5.41, 5.74) is 1.61. The van der Waals surface area contributed by atoms with Gasteiger partial charge in [0.1, 0.15) is 0 Å². The summed E-state index contributed by atoms with van der Waals surface area (Å²) in [7, 11) is 1.72. The quantitative estimate of drug-likeness (QED) is 0.886. The van der Waals surface area contributed by atoms with Crippen LogP contribution in [-0.4, -0.2) is 44.2 Å². The summed E-state index contributed by atoms with van der Waals surface area (Å²) >= 11 is 0. The number of hydrogen-bond acceptors (Lipinski definition) is 4. The van der Waals surface area contributed by atoms with Gasteiger partial charge in [-0.05, 0) is 50.2 Å². The molecule has 1 aromatic carbocycles. The first-order chi connectivity index (χ1) is 11.2. The van der Waals surface area contributed by atoms with Gasteiger partial charge in [-0.2, -0.15) is 0 Å². The standard InChI is InChI=1S/C18H23N3O2/c1-23-13-18(6-9-19-10-7-18)12-21-17(22)15-4-5-16-14(11-15)3-2-8-20-16/h2-5,8,11,19H,6-7,9-10,12-13H2,1H3,(H,21,22). The number of methoxy groups -OCH3 is 1. The van der Waals surface area contributed by atoms with E-state index in [0.717, 1.165) is 36.8 Å². The second-order valence-corrected chi connectivity index (χ2v) is 6.28. The van der Waals surface area contributed by atoms with Crippen molar-refractivity contribution in [3.63, 3.8) is 0 Å². The van der Waals surface area contributed by atoms with Gasteiger partial charge in [0.05, 0.1) is 12.1 Å². The number of rotatable bonds is 5. The molecule has 0 spiro atoms. The molecule has 0 bridgehead atoms. The SMILES string of the molecule is COCC1(CNC(=O)c2ccc3ncccc3c2)CCNCC1. The van der Waals surface area contributed by atoms with Gasteiger partial charge in [0.15, 0.2) is 0 Å². The summed E-state index contributed by atoms with van der Waals surface area (Å²) in [6, 6.07) is 9.46. The third kappa shape index (κ3) is 3.68. The molecule has 5 heteroatoms. The van der Waals surface area contributed by atoms with Crippen molar-refractivity contribution in [1.29, 1.82) is 0 Å². The fourth-order valence-corrected chi connectivity index (χ4v) is 3.22. The minimum atomic E-state index is -0.0373. The zero-order valence-electron chi connectivity index (χ0n) is 13.5. The Morgan fingerprint density at radius 1 is 1.35 bits per heavy atom.